The van der Waals surface area contributed by atoms with Crippen LogP contribution in [0.2, 0.25) is 0 Å². The number of phosphoric ester groups is 1. The van der Waals surface area contributed by atoms with Gasteiger partial charge in [0.05, 0.1) is 39.9 Å². The average Bonchev–Trinajstić information content (AvgIpc) is 3.32. The zero-order chi connectivity index (χ0) is 51.3. The number of likely N-dealkylation sites (N-methyl/N-ethyl adjacent to an activating group) is 1. The summed E-state index contributed by atoms with van der Waals surface area (Å²) in [4.78, 5) is 23.1. The number of quaternary nitrogens is 1. The molecule has 0 aliphatic heterocycles. The Morgan fingerprint density at radius 1 is 0.471 bits per heavy atom. The Morgan fingerprint density at radius 3 is 1.10 bits per heavy atom. The van der Waals surface area contributed by atoms with E-state index in [9.17, 15) is 19.4 Å². The van der Waals surface area contributed by atoms with Gasteiger partial charge in [0.1, 0.15) is 13.2 Å². The number of carbonyl (C=O) groups excluding carboxylic acids is 1. The molecular formula is C61H122N2O6P+. The van der Waals surface area contributed by atoms with Gasteiger partial charge in [-0.25, -0.2) is 4.57 Å². The van der Waals surface area contributed by atoms with Gasteiger partial charge in [-0.05, 0) is 44.9 Å². The Morgan fingerprint density at radius 2 is 0.771 bits per heavy atom. The first-order chi connectivity index (χ1) is 34.0. The first-order valence-electron chi connectivity index (χ1n) is 30.7. The number of nitrogens with one attached hydrogen (secondary N) is 1. The summed E-state index contributed by atoms with van der Waals surface area (Å²) in [5, 5.41) is 13.8. The van der Waals surface area contributed by atoms with Crippen LogP contribution in [0, 0.1) is 0 Å². The Kier molecular flexibility index (Phi) is 52.1. The predicted molar refractivity (Wildman–Crippen MR) is 305 cm³/mol. The molecule has 1 amide bonds. The molecule has 0 fully saturated rings. The summed E-state index contributed by atoms with van der Waals surface area (Å²) >= 11 is 0. The molecule has 0 aromatic heterocycles. The lowest BCUT2D eigenvalue weighted by Crippen LogP contribution is -2.45. The lowest BCUT2D eigenvalue weighted by Gasteiger charge is -2.25. The van der Waals surface area contributed by atoms with Gasteiger partial charge in [-0.3, -0.25) is 13.8 Å². The highest BCUT2D eigenvalue weighted by Crippen LogP contribution is 2.43. The minimum atomic E-state index is -4.33. The molecular weight excluding hydrogens is 888 g/mol. The molecule has 0 spiro atoms. The second-order valence-electron chi connectivity index (χ2n) is 22.4. The summed E-state index contributed by atoms with van der Waals surface area (Å²) in [5.74, 6) is -0.176. The van der Waals surface area contributed by atoms with Crippen LogP contribution in [0.25, 0.3) is 0 Å². The largest absolute Gasteiger partial charge is 0.472 e. The fraction of sp³-hybridized carbons (Fsp3) is 0.918. The van der Waals surface area contributed by atoms with Crippen molar-refractivity contribution in [2.75, 3.05) is 40.9 Å². The van der Waals surface area contributed by atoms with E-state index in [-0.39, 0.29) is 19.1 Å². The maximum atomic E-state index is 12.9. The van der Waals surface area contributed by atoms with Gasteiger partial charge in [-0.15, -0.1) is 0 Å². The normalized spacial score (nSPS) is 14.0. The van der Waals surface area contributed by atoms with Crippen LogP contribution < -0.4 is 5.32 Å². The molecule has 0 saturated heterocycles. The number of unbranched alkanes of at least 4 members (excludes halogenated alkanes) is 42. The van der Waals surface area contributed by atoms with Gasteiger partial charge >= 0.3 is 7.82 Å². The number of carbonyl (C=O) groups is 1. The van der Waals surface area contributed by atoms with Crippen molar-refractivity contribution in [3.05, 3.63) is 24.3 Å². The minimum Gasteiger partial charge on any atom is -0.387 e. The number of phosphoric acid groups is 1. The fourth-order valence-electron chi connectivity index (χ4n) is 9.33. The monoisotopic (exact) mass is 1010 g/mol. The topological polar surface area (TPSA) is 105 Å². The number of rotatable bonds is 57. The predicted octanol–water partition coefficient (Wildman–Crippen LogP) is 18.8. The van der Waals surface area contributed by atoms with Gasteiger partial charge in [-0.2, -0.15) is 0 Å². The van der Waals surface area contributed by atoms with Gasteiger partial charge < -0.3 is 19.8 Å². The molecule has 0 bridgehead atoms. The second kappa shape index (κ2) is 52.8. The summed E-state index contributed by atoms with van der Waals surface area (Å²) in [6, 6.07) is -0.840. The van der Waals surface area contributed by atoms with Crippen LogP contribution in [0.15, 0.2) is 24.3 Å². The van der Waals surface area contributed by atoms with Crippen LogP contribution in [0.3, 0.4) is 0 Å². The van der Waals surface area contributed by atoms with Gasteiger partial charge in [0.2, 0.25) is 5.91 Å². The Hall–Kier alpha value is -1.02. The van der Waals surface area contributed by atoms with Crippen LogP contribution in [-0.4, -0.2) is 73.4 Å². The van der Waals surface area contributed by atoms with Gasteiger partial charge in [-0.1, -0.05) is 282 Å². The van der Waals surface area contributed by atoms with E-state index in [1.165, 1.54) is 250 Å². The summed E-state index contributed by atoms with van der Waals surface area (Å²) in [6.45, 7) is 4.78. The third kappa shape index (κ3) is 54.7. The third-order valence-corrected chi connectivity index (χ3v) is 15.1. The van der Waals surface area contributed by atoms with Gasteiger partial charge in [0.15, 0.2) is 0 Å². The number of allylic oxidation sites excluding steroid dienone is 3. The van der Waals surface area contributed by atoms with Crippen molar-refractivity contribution in [2.24, 2.45) is 0 Å². The highest BCUT2D eigenvalue weighted by Gasteiger charge is 2.27. The number of nitrogens with zero attached hydrogens (tertiary/aromatic N) is 1. The van der Waals surface area contributed by atoms with Crippen LogP contribution >= 0.6 is 7.82 Å². The number of hydrogen-bond acceptors (Lipinski definition) is 5. The molecule has 0 rings (SSSR count). The van der Waals surface area contributed by atoms with E-state index >= 15 is 0 Å². The summed E-state index contributed by atoms with van der Waals surface area (Å²) in [5.41, 5.74) is 0. The quantitative estimate of drug-likeness (QED) is 0.0243. The molecule has 0 aromatic carbocycles. The van der Waals surface area contributed by atoms with Crippen molar-refractivity contribution in [1.29, 1.82) is 0 Å². The van der Waals surface area contributed by atoms with Crippen molar-refractivity contribution in [1.82, 2.24) is 5.32 Å². The van der Waals surface area contributed by atoms with E-state index in [0.29, 0.717) is 17.4 Å². The Balaban J connectivity index is 3.67. The Bertz CT molecular complexity index is 1190. The summed E-state index contributed by atoms with van der Waals surface area (Å²) in [6.07, 6.45) is 67.9. The first kappa shape index (κ1) is 69.0. The van der Waals surface area contributed by atoms with Crippen LogP contribution in [0.5, 0.6) is 0 Å². The van der Waals surface area contributed by atoms with E-state index in [1.807, 2.05) is 27.2 Å². The molecule has 416 valence electrons. The highest BCUT2D eigenvalue weighted by atomic mass is 31.2. The van der Waals surface area contributed by atoms with Crippen LogP contribution in [-0.2, 0) is 18.4 Å². The summed E-state index contributed by atoms with van der Waals surface area (Å²) in [7, 11) is 1.58. The molecule has 0 saturated carbocycles. The van der Waals surface area contributed by atoms with Gasteiger partial charge in [0.25, 0.3) is 0 Å². The minimum absolute atomic E-state index is 0.0635. The molecule has 0 aliphatic carbocycles. The smallest absolute Gasteiger partial charge is 0.387 e. The maximum absolute atomic E-state index is 12.9. The van der Waals surface area contributed by atoms with Crippen molar-refractivity contribution in [3.8, 4) is 0 Å². The number of amides is 1. The van der Waals surface area contributed by atoms with E-state index < -0.39 is 20.0 Å². The number of hydrogen-bond donors (Lipinski definition) is 3. The van der Waals surface area contributed by atoms with Crippen molar-refractivity contribution in [2.45, 2.75) is 321 Å². The van der Waals surface area contributed by atoms with Crippen molar-refractivity contribution < 1.29 is 32.9 Å². The van der Waals surface area contributed by atoms with E-state index in [0.717, 1.165) is 38.5 Å². The van der Waals surface area contributed by atoms with E-state index in [4.69, 9.17) is 9.05 Å². The Labute approximate surface area is 436 Å². The first-order valence-corrected chi connectivity index (χ1v) is 32.2. The molecule has 3 N–H and O–H groups in total. The molecule has 3 unspecified atom stereocenters. The number of aliphatic hydroxyl groups is 1. The standard InChI is InChI=1S/C61H121N2O6P/c1-6-8-10-12-14-15-16-17-18-19-20-21-22-23-24-25-26-27-28-29-30-31-32-33-34-35-36-37-38-39-40-41-42-43-44-45-46-47-49-51-53-55-61(65)62-59(60(64)54-52-50-48-13-11-9-7-2)58-69-70(66,67)68-57-56-63(3,4)5/h19-20,52,54,59-60,64H,6-18,21-51,53,55-58H2,1-5H3,(H-,62,65,66,67)/p+1/b20-19-,54-52+. The maximum Gasteiger partial charge on any atom is 0.472 e. The third-order valence-electron chi connectivity index (χ3n) is 14.2. The fourth-order valence-corrected chi connectivity index (χ4v) is 10.1. The molecule has 3 atom stereocenters. The molecule has 70 heavy (non-hydrogen) atoms. The lowest BCUT2D eigenvalue weighted by atomic mass is 10.0. The van der Waals surface area contributed by atoms with E-state index in [2.05, 4.69) is 31.3 Å². The lowest BCUT2D eigenvalue weighted by molar-refractivity contribution is -0.870. The van der Waals surface area contributed by atoms with Crippen molar-refractivity contribution >= 4 is 13.7 Å². The average molecular weight is 1010 g/mol. The molecule has 0 radical (unpaired) electrons. The zero-order valence-electron chi connectivity index (χ0n) is 47.5. The number of aliphatic hydroxyl groups excluding tert-OH is 1. The molecule has 0 aromatic rings. The molecule has 8 nitrogen and oxygen atoms in total. The highest BCUT2D eigenvalue weighted by molar-refractivity contribution is 7.47. The van der Waals surface area contributed by atoms with Gasteiger partial charge in [0, 0.05) is 6.42 Å². The van der Waals surface area contributed by atoms with E-state index in [1.54, 1.807) is 6.08 Å². The molecule has 0 heterocycles. The van der Waals surface area contributed by atoms with Crippen LogP contribution in [0.1, 0.15) is 309 Å². The van der Waals surface area contributed by atoms with Crippen LogP contribution in [0.4, 0.5) is 0 Å². The summed E-state index contributed by atoms with van der Waals surface area (Å²) < 4.78 is 23.5. The SMILES string of the molecule is CCCCCCC/C=C/C(O)C(COP(=O)(O)OCC[N+](C)(C)C)NC(=O)CCCCCCCCCCCCCCCCCCCCCCCCCCCCCCC/C=C\CCCCCCCCCC. The second-order valence-corrected chi connectivity index (χ2v) is 23.9. The van der Waals surface area contributed by atoms with Crippen molar-refractivity contribution in [3.63, 3.8) is 0 Å². The molecule has 0 aliphatic rings. The molecule has 9 heteroatoms. The zero-order valence-corrected chi connectivity index (χ0v) is 48.4.